The van der Waals surface area contributed by atoms with Crippen LogP contribution in [0.15, 0.2) is 64.0 Å². The van der Waals surface area contributed by atoms with Crippen molar-refractivity contribution in [3.8, 4) is 5.75 Å². The first kappa shape index (κ1) is 30.4. The van der Waals surface area contributed by atoms with E-state index in [1.165, 1.54) is 24.4 Å². The zero-order valence-corrected chi connectivity index (χ0v) is 20.4. The molecule has 0 amide bonds. The number of nitrogens with zero attached hydrogens (tertiary/aromatic N) is 4. The van der Waals surface area contributed by atoms with Gasteiger partial charge in [0.05, 0.1) is 18.9 Å². The second kappa shape index (κ2) is 14.3. The smallest absolute Gasteiger partial charge is 0.202 e. The van der Waals surface area contributed by atoms with Crippen LogP contribution < -0.4 is 5.43 Å². The Kier molecular flexibility index (Phi) is 11.1. The van der Waals surface area contributed by atoms with Gasteiger partial charge in [-0.05, 0) is 24.3 Å². The molecule has 1 fully saturated rings. The summed E-state index contributed by atoms with van der Waals surface area (Å²) in [6, 6.07) is 10.7. The highest BCUT2D eigenvalue weighted by molar-refractivity contribution is 5.88. The summed E-state index contributed by atoms with van der Waals surface area (Å²) in [7, 11) is 0. The molecule has 0 unspecified atom stereocenters. The lowest BCUT2D eigenvalue weighted by molar-refractivity contribution is -0.326. The molecule has 1 aliphatic rings. The molecule has 3 rings (SSSR count). The van der Waals surface area contributed by atoms with Gasteiger partial charge in [-0.2, -0.15) is 5.10 Å². The molecule has 214 valence electrons. The summed E-state index contributed by atoms with van der Waals surface area (Å²) in [6.45, 7) is -1.75. The lowest BCUT2D eigenvalue weighted by Crippen LogP contribution is -2.61. The average Bonchev–Trinajstić information content (AvgIpc) is 2.96. The minimum absolute atomic E-state index is 0.106. The number of pyridine rings is 1. The Morgan fingerprint density at radius 3 is 2.36 bits per heavy atom. The molecule has 0 radical (unpaired) electrons. The third kappa shape index (κ3) is 7.70. The highest BCUT2D eigenvalue weighted by Gasteiger charge is 2.47. The molecule has 0 bridgehead atoms. The predicted molar refractivity (Wildman–Crippen MR) is 132 cm³/mol. The van der Waals surface area contributed by atoms with Crippen LogP contribution >= 0.6 is 0 Å². The molecule has 0 aliphatic carbocycles. The standard InChI is InChI=1S/C23H31N5O11/c29-9-13(32)21(39-23-20(37)17(34)16(33)14(10-30)38-23)18(35)19(36)22(28-26-15-7-3-4-8-24-15)27-25-11-5-1-2-6-12(11)31/h1-8,13-14,16-21,23,25,29-37H,9-10H2/b27-22-,28-26?/t13-,14-,16-,17+,18-,19-,20-,21-,23-/m1/s1. The first-order chi connectivity index (χ1) is 18.7. The number of amidine groups is 1. The summed E-state index contributed by atoms with van der Waals surface area (Å²) in [6.07, 6.45) is -15.2. The zero-order valence-electron chi connectivity index (χ0n) is 20.4. The van der Waals surface area contributed by atoms with Gasteiger partial charge in [0, 0.05) is 6.20 Å². The van der Waals surface area contributed by atoms with Gasteiger partial charge in [-0.3, -0.25) is 5.43 Å². The van der Waals surface area contributed by atoms with E-state index in [0.29, 0.717) is 0 Å². The Labute approximate surface area is 221 Å². The molecule has 39 heavy (non-hydrogen) atoms. The molecule has 10 N–H and O–H groups in total. The van der Waals surface area contributed by atoms with Crippen LogP contribution in [0.1, 0.15) is 0 Å². The fourth-order valence-corrected chi connectivity index (χ4v) is 3.52. The van der Waals surface area contributed by atoms with Crippen LogP contribution in [-0.2, 0) is 9.47 Å². The van der Waals surface area contributed by atoms with Crippen molar-refractivity contribution >= 4 is 17.3 Å². The molecule has 0 saturated carbocycles. The fourth-order valence-electron chi connectivity index (χ4n) is 3.52. The molecular formula is C23H31N5O11. The summed E-state index contributed by atoms with van der Waals surface area (Å²) < 4.78 is 10.6. The van der Waals surface area contributed by atoms with Crippen molar-refractivity contribution in [3.63, 3.8) is 0 Å². The number of anilines is 1. The van der Waals surface area contributed by atoms with Gasteiger partial charge in [-0.15, -0.1) is 10.2 Å². The van der Waals surface area contributed by atoms with Crippen molar-refractivity contribution in [1.82, 2.24) is 4.98 Å². The number of azo groups is 1. The van der Waals surface area contributed by atoms with E-state index in [-0.39, 0.29) is 17.3 Å². The molecule has 2 aromatic rings. The Morgan fingerprint density at radius 1 is 1.00 bits per heavy atom. The van der Waals surface area contributed by atoms with Gasteiger partial charge >= 0.3 is 0 Å². The number of rotatable bonds is 11. The maximum Gasteiger partial charge on any atom is 0.202 e. The van der Waals surface area contributed by atoms with Crippen LogP contribution in [0.3, 0.4) is 0 Å². The molecule has 16 nitrogen and oxygen atoms in total. The minimum atomic E-state index is -2.12. The van der Waals surface area contributed by atoms with Gasteiger partial charge in [-0.25, -0.2) is 4.98 Å². The molecule has 0 spiro atoms. The van der Waals surface area contributed by atoms with Gasteiger partial charge in [0.2, 0.25) is 5.84 Å². The van der Waals surface area contributed by atoms with Crippen LogP contribution in [0.5, 0.6) is 5.75 Å². The normalized spacial score (nSPS) is 27.2. The number of aliphatic hydroxyl groups excluding tert-OH is 8. The highest BCUT2D eigenvalue weighted by Crippen LogP contribution is 2.26. The van der Waals surface area contributed by atoms with Crippen molar-refractivity contribution in [2.75, 3.05) is 18.6 Å². The van der Waals surface area contributed by atoms with E-state index in [1.807, 2.05) is 0 Å². The van der Waals surface area contributed by atoms with Crippen molar-refractivity contribution in [1.29, 1.82) is 0 Å². The van der Waals surface area contributed by atoms with E-state index >= 15 is 0 Å². The number of hydrogen-bond donors (Lipinski definition) is 10. The SMILES string of the molecule is OC[C@@H](O)[C@@H](O[C@H]1O[C@H](CO)[C@@H](O)[C@H](O)[C@H]1O)[C@H](O)[C@@H](O)/C(N=Nc1ccccn1)=N/Nc1ccccc1O. The first-order valence-electron chi connectivity index (χ1n) is 11.7. The number of hydrazone groups is 1. The van der Waals surface area contributed by atoms with Crippen molar-refractivity contribution in [2.24, 2.45) is 15.3 Å². The summed E-state index contributed by atoms with van der Waals surface area (Å²) in [5.74, 6) is -0.667. The zero-order chi connectivity index (χ0) is 28.5. The number of nitrogens with one attached hydrogen (secondary N) is 1. The van der Waals surface area contributed by atoms with Gasteiger partial charge in [0.1, 0.15) is 54.6 Å². The van der Waals surface area contributed by atoms with E-state index in [9.17, 15) is 46.0 Å². The molecule has 2 heterocycles. The molecular weight excluding hydrogens is 522 g/mol. The van der Waals surface area contributed by atoms with Crippen LogP contribution in [-0.4, -0.2) is 125 Å². The Balaban J connectivity index is 1.89. The van der Waals surface area contributed by atoms with Crippen LogP contribution in [0.2, 0.25) is 0 Å². The van der Waals surface area contributed by atoms with Gasteiger partial charge in [0.15, 0.2) is 12.1 Å². The molecule has 1 aromatic heterocycles. The van der Waals surface area contributed by atoms with Crippen LogP contribution in [0.4, 0.5) is 11.5 Å². The van der Waals surface area contributed by atoms with Crippen molar-refractivity contribution < 1.29 is 55.4 Å². The van der Waals surface area contributed by atoms with E-state index in [2.05, 4.69) is 25.7 Å². The number of para-hydroxylation sites is 2. The number of aromatic nitrogens is 1. The van der Waals surface area contributed by atoms with Crippen molar-refractivity contribution in [2.45, 2.75) is 55.1 Å². The first-order valence-corrected chi connectivity index (χ1v) is 11.7. The number of aliphatic hydroxyl groups is 8. The maximum absolute atomic E-state index is 10.9. The average molecular weight is 554 g/mol. The number of benzene rings is 1. The van der Waals surface area contributed by atoms with Gasteiger partial charge in [0.25, 0.3) is 0 Å². The maximum atomic E-state index is 10.9. The summed E-state index contributed by atoms with van der Waals surface area (Å²) in [4.78, 5) is 3.95. The third-order valence-electron chi connectivity index (χ3n) is 5.73. The molecule has 16 heteroatoms. The highest BCUT2D eigenvalue weighted by atomic mass is 16.7. The lowest BCUT2D eigenvalue weighted by Gasteiger charge is -2.42. The Bertz CT molecular complexity index is 1090. The Hall–Kier alpha value is -3.16. The molecule has 9 atom stereocenters. The number of phenols is 1. The third-order valence-corrected chi connectivity index (χ3v) is 5.73. The van der Waals surface area contributed by atoms with E-state index < -0.39 is 74.2 Å². The van der Waals surface area contributed by atoms with Crippen LogP contribution in [0.25, 0.3) is 0 Å². The van der Waals surface area contributed by atoms with E-state index in [1.54, 1.807) is 24.3 Å². The largest absolute Gasteiger partial charge is 0.506 e. The quantitative estimate of drug-likeness (QED) is 0.0456. The molecule has 1 aromatic carbocycles. The number of phenolic OH excluding ortho intramolecular Hbond substituents is 1. The second-order valence-electron chi connectivity index (χ2n) is 8.47. The topological polar surface area (TPSA) is 263 Å². The summed E-state index contributed by atoms with van der Waals surface area (Å²) >= 11 is 0. The van der Waals surface area contributed by atoms with Crippen molar-refractivity contribution in [3.05, 3.63) is 48.7 Å². The number of hydrogen-bond acceptors (Lipinski definition) is 15. The fraction of sp³-hybridized carbons (Fsp3) is 0.478. The number of ether oxygens (including phenoxy) is 2. The molecule has 1 saturated heterocycles. The molecule has 1 aliphatic heterocycles. The summed E-state index contributed by atoms with van der Waals surface area (Å²) in [5.41, 5.74) is 2.57. The van der Waals surface area contributed by atoms with Gasteiger partial charge in [-0.1, -0.05) is 18.2 Å². The van der Waals surface area contributed by atoms with E-state index in [0.717, 1.165) is 0 Å². The minimum Gasteiger partial charge on any atom is -0.506 e. The lowest BCUT2D eigenvalue weighted by atomic mass is 9.98. The summed E-state index contributed by atoms with van der Waals surface area (Å²) in [5, 5.41) is 103. The van der Waals surface area contributed by atoms with Gasteiger partial charge < -0.3 is 55.4 Å². The van der Waals surface area contributed by atoms with Crippen LogP contribution in [0, 0.1) is 0 Å². The second-order valence-corrected chi connectivity index (χ2v) is 8.47. The number of aromatic hydroxyl groups is 1. The van der Waals surface area contributed by atoms with E-state index in [4.69, 9.17) is 9.47 Å². The monoisotopic (exact) mass is 553 g/mol. The predicted octanol–water partition coefficient (Wildman–Crippen LogP) is -2.44. The Morgan fingerprint density at radius 2 is 1.72 bits per heavy atom.